The molecule has 0 bridgehead atoms. The first-order chi connectivity index (χ1) is 12.1. The number of para-hydroxylation sites is 1. The molecule has 2 aromatic rings. The van der Waals surface area contributed by atoms with Crippen molar-refractivity contribution in [1.82, 2.24) is 4.57 Å². The number of unbranched alkanes of at least 4 members (excludes halogenated alkanes) is 2. The minimum atomic E-state index is -0.460. The fraction of sp³-hybridized carbons (Fsp3) is 0.444. The van der Waals surface area contributed by atoms with E-state index in [0.717, 1.165) is 19.3 Å². The van der Waals surface area contributed by atoms with Crippen molar-refractivity contribution in [2.75, 3.05) is 6.61 Å². The average molecular weight is 345 g/mol. The summed E-state index contributed by atoms with van der Waals surface area (Å²) in [6.45, 7) is 3.90. The number of aromatic nitrogens is 1. The first kappa shape index (κ1) is 18.6. The number of esters is 1. The fourth-order valence-corrected chi connectivity index (χ4v) is 2.55. The summed E-state index contributed by atoms with van der Waals surface area (Å²) in [6.07, 6.45) is 3.09. The lowest BCUT2D eigenvalue weighted by atomic mass is 10.2. The Bertz CT molecular complexity index is 780. The van der Waals surface area contributed by atoms with Crippen molar-refractivity contribution in [2.45, 2.75) is 46.1 Å². The van der Waals surface area contributed by atoms with Crippen molar-refractivity contribution in [2.24, 2.45) is 10.2 Å². The van der Waals surface area contributed by atoms with Crippen molar-refractivity contribution >= 4 is 28.5 Å². The van der Waals surface area contributed by atoms with Gasteiger partial charge in [0.25, 0.3) is 5.91 Å². The van der Waals surface area contributed by atoms with Gasteiger partial charge >= 0.3 is 5.97 Å². The maximum atomic E-state index is 11.8. The second-order valence-electron chi connectivity index (χ2n) is 5.63. The smallest absolute Gasteiger partial charge is 0.326 e. The third-order valence-electron chi connectivity index (χ3n) is 3.77. The number of amides is 1. The summed E-state index contributed by atoms with van der Waals surface area (Å²) in [5.41, 5.74) is 0.809. The van der Waals surface area contributed by atoms with Gasteiger partial charge in [-0.15, -0.1) is 10.2 Å². The van der Waals surface area contributed by atoms with Crippen LogP contribution in [-0.2, 0) is 20.9 Å². The number of azo groups is 1. The van der Waals surface area contributed by atoms with Crippen molar-refractivity contribution < 1.29 is 19.4 Å². The highest BCUT2D eigenvalue weighted by molar-refractivity contribution is 5.96. The highest BCUT2D eigenvalue weighted by Crippen LogP contribution is 2.38. The molecule has 1 heterocycles. The number of carbonyl (C=O) groups is 2. The van der Waals surface area contributed by atoms with E-state index >= 15 is 0 Å². The lowest BCUT2D eigenvalue weighted by Crippen LogP contribution is -2.12. The molecule has 1 amide bonds. The van der Waals surface area contributed by atoms with Crippen molar-refractivity contribution in [3.63, 3.8) is 0 Å². The average Bonchev–Trinajstić information content (AvgIpc) is 2.85. The number of fused-ring (bicyclic) bond motifs is 1. The minimum Gasteiger partial charge on any atom is -0.493 e. The zero-order chi connectivity index (χ0) is 18.2. The Hall–Kier alpha value is -2.70. The van der Waals surface area contributed by atoms with Gasteiger partial charge in [-0.3, -0.25) is 14.2 Å². The van der Waals surface area contributed by atoms with E-state index in [0.29, 0.717) is 17.3 Å². The van der Waals surface area contributed by atoms with Crippen molar-refractivity contribution in [3.05, 3.63) is 24.3 Å². The van der Waals surface area contributed by atoms with Gasteiger partial charge in [0.15, 0.2) is 5.69 Å². The molecule has 0 spiro atoms. The predicted molar refractivity (Wildman–Crippen MR) is 93.9 cm³/mol. The molecule has 7 heteroatoms. The lowest BCUT2D eigenvalue weighted by Gasteiger charge is -2.06. The van der Waals surface area contributed by atoms with Crippen molar-refractivity contribution in [3.8, 4) is 5.88 Å². The molecule has 0 radical (unpaired) electrons. The van der Waals surface area contributed by atoms with Gasteiger partial charge in [-0.05, 0) is 19.4 Å². The third-order valence-corrected chi connectivity index (χ3v) is 3.77. The van der Waals surface area contributed by atoms with Gasteiger partial charge in [-0.1, -0.05) is 38.0 Å². The molecule has 0 saturated heterocycles. The van der Waals surface area contributed by atoms with Crippen LogP contribution in [0.2, 0.25) is 0 Å². The van der Waals surface area contributed by atoms with Gasteiger partial charge in [0.2, 0.25) is 5.88 Å². The molecule has 1 aromatic carbocycles. The number of hydrogen-bond acceptors (Lipinski definition) is 5. The number of ether oxygens (including phenoxy) is 1. The van der Waals surface area contributed by atoms with Crippen LogP contribution >= 0.6 is 0 Å². The van der Waals surface area contributed by atoms with E-state index in [2.05, 4.69) is 17.2 Å². The highest BCUT2D eigenvalue weighted by atomic mass is 16.5. The number of benzene rings is 1. The first-order valence-electron chi connectivity index (χ1n) is 8.48. The quantitative estimate of drug-likeness (QED) is 0.443. The maximum absolute atomic E-state index is 11.8. The van der Waals surface area contributed by atoms with Crippen LogP contribution < -0.4 is 0 Å². The van der Waals surface area contributed by atoms with E-state index in [4.69, 9.17) is 4.74 Å². The first-order valence-corrected chi connectivity index (χ1v) is 8.48. The Balaban J connectivity index is 2.29. The summed E-state index contributed by atoms with van der Waals surface area (Å²) in [5.74, 6) is -0.993. The lowest BCUT2D eigenvalue weighted by molar-refractivity contribution is -0.143. The van der Waals surface area contributed by atoms with Crippen LogP contribution in [0.3, 0.4) is 0 Å². The van der Waals surface area contributed by atoms with E-state index < -0.39 is 5.97 Å². The zero-order valence-electron chi connectivity index (χ0n) is 14.6. The molecule has 0 unspecified atom stereocenters. The molecule has 0 saturated carbocycles. The van der Waals surface area contributed by atoms with Gasteiger partial charge in [-0.25, -0.2) is 0 Å². The van der Waals surface area contributed by atoms with Crippen LogP contribution in [0.15, 0.2) is 34.5 Å². The monoisotopic (exact) mass is 345 g/mol. The molecule has 7 nitrogen and oxygen atoms in total. The van der Waals surface area contributed by atoms with Crippen LogP contribution in [0.1, 0.15) is 39.5 Å². The molecule has 2 rings (SSSR count). The van der Waals surface area contributed by atoms with Gasteiger partial charge in [0.05, 0.1) is 12.1 Å². The van der Waals surface area contributed by atoms with Gasteiger partial charge in [-0.2, -0.15) is 0 Å². The molecule has 0 atom stereocenters. The Morgan fingerprint density at radius 3 is 2.68 bits per heavy atom. The summed E-state index contributed by atoms with van der Waals surface area (Å²) >= 11 is 0. The number of nitrogens with zero attached hydrogens (tertiary/aromatic N) is 3. The molecule has 0 aliphatic carbocycles. The molecule has 1 N–H and O–H groups in total. The van der Waals surface area contributed by atoms with Crippen LogP contribution in [0, 0.1) is 0 Å². The summed E-state index contributed by atoms with van der Waals surface area (Å²) in [4.78, 5) is 23.6. The fourth-order valence-electron chi connectivity index (χ4n) is 2.55. The van der Waals surface area contributed by atoms with E-state index in [1.807, 2.05) is 0 Å². The maximum Gasteiger partial charge on any atom is 0.326 e. The Kier molecular flexibility index (Phi) is 6.68. The number of carbonyl (C=O) groups excluding carboxylic acids is 2. The highest BCUT2D eigenvalue weighted by Gasteiger charge is 2.19. The van der Waals surface area contributed by atoms with E-state index in [9.17, 15) is 14.7 Å². The van der Waals surface area contributed by atoms with Gasteiger partial charge < -0.3 is 9.84 Å². The molecule has 25 heavy (non-hydrogen) atoms. The third kappa shape index (κ3) is 4.65. The summed E-state index contributed by atoms with van der Waals surface area (Å²) in [7, 11) is 0. The SMILES string of the molecule is CCCCCC(=O)N=Nc1c(O)n(CC(=O)OCC)c2ccccc12. The number of hydrogen-bond donors (Lipinski definition) is 1. The Labute approximate surface area is 146 Å². The predicted octanol–water partition coefficient (Wildman–Crippen LogP) is 4.10. The molecule has 0 aliphatic heterocycles. The molecule has 1 aromatic heterocycles. The summed E-state index contributed by atoms with van der Waals surface area (Å²) < 4.78 is 6.34. The minimum absolute atomic E-state index is 0.139. The van der Waals surface area contributed by atoms with E-state index in [1.165, 1.54) is 4.57 Å². The number of aromatic hydroxyl groups is 1. The Morgan fingerprint density at radius 1 is 1.20 bits per heavy atom. The van der Waals surface area contributed by atoms with Crippen LogP contribution in [0.4, 0.5) is 5.69 Å². The largest absolute Gasteiger partial charge is 0.493 e. The standard InChI is InChI=1S/C18H23N3O4/c1-3-5-6-11-15(22)19-20-17-13-9-7-8-10-14(13)21(18(17)24)12-16(23)25-4-2/h7-10,24H,3-6,11-12H2,1-2H3. The second-order valence-corrected chi connectivity index (χ2v) is 5.63. The summed E-state index contributed by atoms with van der Waals surface area (Å²) in [5, 5.41) is 18.7. The molecule has 134 valence electrons. The Morgan fingerprint density at radius 2 is 1.96 bits per heavy atom. The number of rotatable bonds is 8. The molecule has 0 aliphatic rings. The van der Waals surface area contributed by atoms with Crippen molar-refractivity contribution in [1.29, 1.82) is 0 Å². The van der Waals surface area contributed by atoms with E-state index in [1.54, 1.807) is 31.2 Å². The normalized spacial score (nSPS) is 11.3. The van der Waals surface area contributed by atoms with Crippen LogP contribution in [0.25, 0.3) is 10.9 Å². The van der Waals surface area contributed by atoms with Crippen LogP contribution in [-0.4, -0.2) is 28.2 Å². The topological polar surface area (TPSA) is 93.2 Å². The van der Waals surface area contributed by atoms with Crippen LogP contribution in [0.5, 0.6) is 5.88 Å². The molecular formula is C18H23N3O4. The van der Waals surface area contributed by atoms with E-state index in [-0.39, 0.29) is 30.6 Å². The molecule has 0 fully saturated rings. The van der Waals surface area contributed by atoms with Gasteiger partial charge in [0, 0.05) is 11.8 Å². The summed E-state index contributed by atoms with van der Waals surface area (Å²) in [6, 6.07) is 7.10. The second kappa shape index (κ2) is 8.96. The molecular weight excluding hydrogens is 322 g/mol. The zero-order valence-corrected chi connectivity index (χ0v) is 14.6. The van der Waals surface area contributed by atoms with Gasteiger partial charge in [0.1, 0.15) is 6.54 Å².